The molecule has 2 saturated heterocycles. The smallest absolute Gasteiger partial charge is 0.337 e. The van der Waals surface area contributed by atoms with Crippen molar-refractivity contribution in [2.75, 3.05) is 0 Å². The number of piperidine rings is 1. The van der Waals surface area contributed by atoms with Crippen LogP contribution in [0.3, 0.4) is 0 Å². The molecule has 2 unspecified atom stereocenters. The van der Waals surface area contributed by atoms with Crippen LogP contribution in [0.15, 0.2) is 16.9 Å². The Bertz CT molecular complexity index is 546. The lowest BCUT2D eigenvalue weighted by Crippen LogP contribution is -2.47. The van der Waals surface area contributed by atoms with Crippen LogP contribution in [-0.2, 0) is 4.79 Å². The number of alkyl halides is 3. The standard InChI is InChI=1S/C14H17BrF3N3O/c15-9-7-19-20(8-9)12-5-10-1-2-11(6-12)21(10)13(22)3-4-14(16,17)18/h7-8,10-12H,1-6H2. The maximum absolute atomic E-state index is 12.3. The summed E-state index contributed by atoms with van der Waals surface area (Å²) >= 11 is 3.36. The number of hydrogen-bond acceptors (Lipinski definition) is 2. The predicted molar refractivity (Wildman–Crippen MR) is 77.1 cm³/mol. The third-order valence-corrected chi connectivity index (χ3v) is 4.97. The first-order valence-electron chi connectivity index (χ1n) is 7.41. The van der Waals surface area contributed by atoms with Crippen molar-refractivity contribution >= 4 is 21.8 Å². The van der Waals surface area contributed by atoms with Crippen molar-refractivity contribution in [3.63, 3.8) is 0 Å². The zero-order valence-electron chi connectivity index (χ0n) is 11.9. The van der Waals surface area contributed by atoms with Crippen molar-refractivity contribution in [1.29, 1.82) is 0 Å². The Kier molecular flexibility index (Phi) is 4.22. The van der Waals surface area contributed by atoms with Crippen LogP contribution in [0.1, 0.15) is 44.6 Å². The summed E-state index contributed by atoms with van der Waals surface area (Å²) in [5, 5.41) is 4.29. The Balaban J connectivity index is 1.64. The van der Waals surface area contributed by atoms with Gasteiger partial charge in [0.1, 0.15) is 0 Å². The van der Waals surface area contributed by atoms with E-state index in [1.54, 1.807) is 11.1 Å². The first kappa shape index (κ1) is 15.8. The van der Waals surface area contributed by atoms with Crippen LogP contribution < -0.4 is 0 Å². The molecule has 0 N–H and O–H groups in total. The maximum Gasteiger partial charge on any atom is 0.389 e. The minimum Gasteiger partial charge on any atom is -0.337 e. The predicted octanol–water partition coefficient (Wildman–Crippen LogP) is 3.68. The highest BCUT2D eigenvalue weighted by atomic mass is 79.9. The van der Waals surface area contributed by atoms with E-state index >= 15 is 0 Å². The van der Waals surface area contributed by atoms with Crippen molar-refractivity contribution in [3.05, 3.63) is 16.9 Å². The van der Waals surface area contributed by atoms with E-state index < -0.39 is 19.0 Å². The molecule has 1 aromatic heterocycles. The molecule has 0 radical (unpaired) electrons. The number of hydrogen-bond donors (Lipinski definition) is 0. The molecule has 1 amide bonds. The quantitative estimate of drug-likeness (QED) is 0.803. The average molecular weight is 380 g/mol. The topological polar surface area (TPSA) is 38.1 Å². The SMILES string of the molecule is O=C(CCC(F)(F)F)N1C2CCC1CC(n1cc(Br)cn1)C2. The summed E-state index contributed by atoms with van der Waals surface area (Å²) in [6, 6.07) is 0.315. The molecule has 0 aliphatic carbocycles. The van der Waals surface area contributed by atoms with E-state index in [4.69, 9.17) is 0 Å². The largest absolute Gasteiger partial charge is 0.389 e. The van der Waals surface area contributed by atoms with Crippen molar-refractivity contribution in [3.8, 4) is 0 Å². The van der Waals surface area contributed by atoms with E-state index in [9.17, 15) is 18.0 Å². The Hall–Kier alpha value is -1.05. The lowest BCUT2D eigenvalue weighted by Gasteiger charge is -2.39. The van der Waals surface area contributed by atoms with Gasteiger partial charge in [0, 0.05) is 24.7 Å². The molecule has 1 aromatic rings. The fourth-order valence-electron chi connectivity index (χ4n) is 3.66. The van der Waals surface area contributed by atoms with Gasteiger partial charge in [-0.15, -0.1) is 0 Å². The van der Waals surface area contributed by atoms with E-state index in [2.05, 4.69) is 21.0 Å². The molecule has 3 rings (SSSR count). The summed E-state index contributed by atoms with van der Waals surface area (Å²) < 4.78 is 39.7. The molecule has 2 fully saturated rings. The second kappa shape index (κ2) is 5.86. The Labute approximate surface area is 134 Å². The summed E-state index contributed by atoms with van der Waals surface area (Å²) in [6.45, 7) is 0. The van der Waals surface area contributed by atoms with Crippen LogP contribution in [0, 0.1) is 0 Å². The number of nitrogens with zero attached hydrogens (tertiary/aromatic N) is 3. The van der Waals surface area contributed by atoms with Gasteiger partial charge in [-0.1, -0.05) is 0 Å². The number of carbonyl (C=O) groups excluding carboxylic acids is 1. The van der Waals surface area contributed by atoms with Crippen molar-refractivity contribution in [1.82, 2.24) is 14.7 Å². The van der Waals surface area contributed by atoms with Gasteiger partial charge in [-0.05, 0) is 41.6 Å². The van der Waals surface area contributed by atoms with Crippen molar-refractivity contribution in [2.45, 2.75) is 62.8 Å². The van der Waals surface area contributed by atoms with E-state index in [0.29, 0.717) is 0 Å². The van der Waals surface area contributed by atoms with Gasteiger partial charge in [0.05, 0.1) is 23.1 Å². The molecular weight excluding hydrogens is 363 g/mol. The first-order valence-corrected chi connectivity index (χ1v) is 8.20. The summed E-state index contributed by atoms with van der Waals surface area (Å²) in [7, 11) is 0. The van der Waals surface area contributed by atoms with E-state index in [-0.39, 0.29) is 24.0 Å². The van der Waals surface area contributed by atoms with Gasteiger partial charge in [0.25, 0.3) is 0 Å². The number of rotatable bonds is 3. The molecule has 2 atom stereocenters. The van der Waals surface area contributed by atoms with Crippen LogP contribution >= 0.6 is 15.9 Å². The molecule has 2 aliphatic heterocycles. The molecule has 2 aliphatic rings. The molecule has 4 nitrogen and oxygen atoms in total. The zero-order chi connectivity index (χ0) is 15.9. The van der Waals surface area contributed by atoms with Crippen molar-refractivity contribution < 1.29 is 18.0 Å². The summed E-state index contributed by atoms with van der Waals surface area (Å²) in [6.07, 6.45) is 1.18. The normalized spacial score (nSPS) is 28.2. The van der Waals surface area contributed by atoms with Gasteiger partial charge in [0.2, 0.25) is 5.91 Å². The van der Waals surface area contributed by atoms with Crippen molar-refractivity contribution in [2.24, 2.45) is 0 Å². The molecular formula is C14H17BrF3N3O. The fourth-order valence-corrected chi connectivity index (χ4v) is 3.97. The second-order valence-electron chi connectivity index (χ2n) is 6.06. The Morgan fingerprint density at radius 3 is 2.41 bits per heavy atom. The van der Waals surface area contributed by atoms with Crippen LogP contribution in [0.4, 0.5) is 13.2 Å². The van der Waals surface area contributed by atoms with E-state index in [1.807, 2.05) is 10.9 Å². The number of amides is 1. The lowest BCUT2D eigenvalue weighted by molar-refractivity contribution is -0.152. The molecule has 2 bridgehead atoms. The lowest BCUT2D eigenvalue weighted by atomic mass is 9.97. The summed E-state index contributed by atoms with van der Waals surface area (Å²) in [4.78, 5) is 13.9. The number of halogens is 4. The summed E-state index contributed by atoms with van der Waals surface area (Å²) in [5.41, 5.74) is 0. The summed E-state index contributed by atoms with van der Waals surface area (Å²) in [5.74, 6) is -0.357. The van der Waals surface area contributed by atoms with Crippen LogP contribution in [0.2, 0.25) is 0 Å². The molecule has 22 heavy (non-hydrogen) atoms. The van der Waals surface area contributed by atoms with Crippen LogP contribution in [-0.4, -0.2) is 38.8 Å². The van der Waals surface area contributed by atoms with Gasteiger partial charge < -0.3 is 4.90 Å². The Morgan fingerprint density at radius 2 is 1.91 bits per heavy atom. The zero-order valence-corrected chi connectivity index (χ0v) is 13.5. The average Bonchev–Trinajstić information content (AvgIpc) is 2.97. The number of fused-ring (bicyclic) bond motifs is 2. The van der Waals surface area contributed by atoms with Crippen LogP contribution in [0.25, 0.3) is 0 Å². The highest BCUT2D eigenvalue weighted by Crippen LogP contribution is 2.41. The van der Waals surface area contributed by atoms with Crippen LogP contribution in [0.5, 0.6) is 0 Å². The first-order chi connectivity index (χ1) is 10.3. The molecule has 0 saturated carbocycles. The fraction of sp³-hybridized carbons (Fsp3) is 0.714. The monoisotopic (exact) mass is 379 g/mol. The molecule has 0 spiro atoms. The van der Waals surface area contributed by atoms with Gasteiger partial charge >= 0.3 is 6.18 Å². The number of carbonyl (C=O) groups is 1. The highest BCUT2D eigenvalue weighted by Gasteiger charge is 2.44. The Morgan fingerprint density at radius 1 is 1.27 bits per heavy atom. The highest BCUT2D eigenvalue weighted by molar-refractivity contribution is 9.10. The molecule has 8 heteroatoms. The minimum atomic E-state index is -4.27. The van der Waals surface area contributed by atoms with Gasteiger partial charge in [-0.25, -0.2) is 0 Å². The van der Waals surface area contributed by atoms with E-state index in [1.165, 1.54) is 0 Å². The second-order valence-corrected chi connectivity index (χ2v) is 6.98. The van der Waals surface area contributed by atoms with E-state index in [0.717, 1.165) is 30.2 Å². The molecule has 3 heterocycles. The van der Waals surface area contributed by atoms with Gasteiger partial charge in [-0.2, -0.15) is 18.3 Å². The number of aromatic nitrogens is 2. The molecule has 0 aromatic carbocycles. The minimum absolute atomic E-state index is 0.0486. The maximum atomic E-state index is 12.3. The third-order valence-electron chi connectivity index (χ3n) is 4.56. The third kappa shape index (κ3) is 3.31. The molecule has 122 valence electrons. The van der Waals surface area contributed by atoms with Gasteiger partial charge in [0.15, 0.2) is 0 Å². The van der Waals surface area contributed by atoms with Gasteiger partial charge in [-0.3, -0.25) is 9.48 Å².